The standard InChI is InChI=1S/C14H20O3S/c1-3-4-10-17-14(16)13(15)11(2)18-12-8-6-5-7-9-12/h5-9,11,13,15H,3-4,10H2,1-2H3/t11-,13-/m0/s1. The van der Waals surface area contributed by atoms with Gasteiger partial charge in [0.25, 0.3) is 0 Å². The zero-order valence-corrected chi connectivity index (χ0v) is 11.7. The van der Waals surface area contributed by atoms with E-state index in [1.807, 2.05) is 44.2 Å². The molecule has 1 aromatic rings. The highest BCUT2D eigenvalue weighted by molar-refractivity contribution is 8.00. The minimum Gasteiger partial charge on any atom is -0.464 e. The molecule has 0 aromatic heterocycles. The largest absolute Gasteiger partial charge is 0.464 e. The Kier molecular flexibility index (Phi) is 6.83. The second kappa shape index (κ2) is 8.16. The van der Waals surface area contributed by atoms with E-state index in [1.54, 1.807) is 0 Å². The van der Waals surface area contributed by atoms with Crippen LogP contribution in [0.4, 0.5) is 0 Å². The maximum atomic E-state index is 11.6. The third-order valence-electron chi connectivity index (χ3n) is 2.49. The Hall–Kier alpha value is -1.00. The second-order valence-electron chi connectivity index (χ2n) is 4.10. The monoisotopic (exact) mass is 268 g/mol. The van der Waals surface area contributed by atoms with E-state index >= 15 is 0 Å². The summed E-state index contributed by atoms with van der Waals surface area (Å²) in [5, 5.41) is 9.63. The van der Waals surface area contributed by atoms with Crippen molar-refractivity contribution in [2.75, 3.05) is 6.61 Å². The van der Waals surface area contributed by atoms with E-state index < -0.39 is 12.1 Å². The lowest BCUT2D eigenvalue weighted by atomic mass is 10.3. The summed E-state index contributed by atoms with van der Waals surface area (Å²) in [6, 6.07) is 9.71. The number of esters is 1. The lowest BCUT2D eigenvalue weighted by molar-refractivity contribution is -0.153. The molecule has 0 heterocycles. The van der Waals surface area contributed by atoms with Gasteiger partial charge in [-0.15, -0.1) is 11.8 Å². The van der Waals surface area contributed by atoms with Crippen molar-refractivity contribution in [2.45, 2.75) is 42.9 Å². The number of unbranched alkanes of at least 4 members (excludes halogenated alkanes) is 1. The predicted octanol–water partition coefficient (Wildman–Crippen LogP) is 2.87. The molecule has 1 rings (SSSR count). The van der Waals surface area contributed by atoms with Gasteiger partial charge in [0.05, 0.1) is 6.61 Å². The van der Waals surface area contributed by atoms with Crippen LogP contribution in [-0.4, -0.2) is 29.0 Å². The number of aliphatic hydroxyl groups is 1. The van der Waals surface area contributed by atoms with Crippen molar-refractivity contribution >= 4 is 17.7 Å². The van der Waals surface area contributed by atoms with Crippen LogP contribution in [0.5, 0.6) is 0 Å². The molecule has 4 heteroatoms. The van der Waals surface area contributed by atoms with Crippen LogP contribution in [0.3, 0.4) is 0 Å². The summed E-state index contributed by atoms with van der Waals surface area (Å²) in [6.45, 7) is 4.23. The molecule has 0 spiro atoms. The van der Waals surface area contributed by atoms with Gasteiger partial charge in [0.15, 0.2) is 6.10 Å². The highest BCUT2D eigenvalue weighted by atomic mass is 32.2. The summed E-state index contributed by atoms with van der Waals surface area (Å²) in [6.07, 6.45) is 0.725. The predicted molar refractivity (Wildman–Crippen MR) is 73.6 cm³/mol. The van der Waals surface area contributed by atoms with Gasteiger partial charge in [0.1, 0.15) is 0 Å². The van der Waals surface area contributed by atoms with Gasteiger partial charge in [-0.25, -0.2) is 4.79 Å². The molecule has 3 nitrogen and oxygen atoms in total. The topological polar surface area (TPSA) is 46.5 Å². The van der Waals surface area contributed by atoms with Gasteiger partial charge in [-0.1, -0.05) is 31.5 Å². The van der Waals surface area contributed by atoms with Gasteiger partial charge in [0.2, 0.25) is 0 Å². The fraction of sp³-hybridized carbons (Fsp3) is 0.500. The third kappa shape index (κ3) is 5.10. The summed E-state index contributed by atoms with van der Waals surface area (Å²) in [5.41, 5.74) is 0. The first-order valence-electron chi connectivity index (χ1n) is 6.21. The van der Waals surface area contributed by atoms with Gasteiger partial charge in [-0.2, -0.15) is 0 Å². The summed E-state index contributed by atoms with van der Waals surface area (Å²) < 4.78 is 5.00. The van der Waals surface area contributed by atoms with Gasteiger partial charge in [0, 0.05) is 10.1 Å². The Bertz CT molecular complexity index is 353. The molecule has 0 saturated heterocycles. The summed E-state index contributed by atoms with van der Waals surface area (Å²) in [4.78, 5) is 12.6. The van der Waals surface area contributed by atoms with E-state index in [1.165, 1.54) is 11.8 Å². The van der Waals surface area contributed by atoms with E-state index in [0.717, 1.165) is 17.7 Å². The molecule has 0 bridgehead atoms. The molecule has 0 amide bonds. The quantitative estimate of drug-likeness (QED) is 0.469. The van der Waals surface area contributed by atoms with Crippen molar-refractivity contribution in [1.29, 1.82) is 0 Å². The normalized spacial score (nSPS) is 13.9. The minimum absolute atomic E-state index is 0.221. The van der Waals surface area contributed by atoms with Crippen molar-refractivity contribution < 1.29 is 14.6 Å². The van der Waals surface area contributed by atoms with E-state index in [9.17, 15) is 9.90 Å². The first-order chi connectivity index (χ1) is 8.65. The Morgan fingerprint density at radius 2 is 2.06 bits per heavy atom. The molecule has 0 unspecified atom stereocenters. The number of ether oxygens (including phenoxy) is 1. The number of benzene rings is 1. The number of hydrogen-bond acceptors (Lipinski definition) is 4. The van der Waals surface area contributed by atoms with Crippen LogP contribution in [-0.2, 0) is 9.53 Å². The Morgan fingerprint density at radius 1 is 1.39 bits per heavy atom. The molecular weight excluding hydrogens is 248 g/mol. The van der Waals surface area contributed by atoms with Crippen LogP contribution in [0.25, 0.3) is 0 Å². The van der Waals surface area contributed by atoms with Crippen molar-refractivity contribution in [2.24, 2.45) is 0 Å². The fourth-order valence-electron chi connectivity index (χ4n) is 1.37. The number of rotatable bonds is 7. The van der Waals surface area contributed by atoms with Crippen molar-refractivity contribution in [3.63, 3.8) is 0 Å². The van der Waals surface area contributed by atoms with Gasteiger partial charge >= 0.3 is 5.97 Å². The van der Waals surface area contributed by atoms with Crippen LogP contribution in [0.2, 0.25) is 0 Å². The molecule has 1 N–H and O–H groups in total. The van der Waals surface area contributed by atoms with Gasteiger partial charge < -0.3 is 9.84 Å². The number of carbonyl (C=O) groups is 1. The molecule has 1 aromatic carbocycles. The van der Waals surface area contributed by atoms with Crippen molar-refractivity contribution in [3.05, 3.63) is 30.3 Å². The average Bonchev–Trinajstić information content (AvgIpc) is 2.39. The molecule has 0 aliphatic heterocycles. The zero-order chi connectivity index (χ0) is 13.4. The SMILES string of the molecule is CCCCOC(=O)[C@@H](O)[C@H](C)Sc1ccccc1. The van der Waals surface area contributed by atoms with E-state index in [-0.39, 0.29) is 5.25 Å². The zero-order valence-electron chi connectivity index (χ0n) is 10.8. The summed E-state index contributed by atoms with van der Waals surface area (Å²) in [5.74, 6) is -0.528. The summed E-state index contributed by atoms with van der Waals surface area (Å²) >= 11 is 1.47. The molecule has 100 valence electrons. The first kappa shape index (κ1) is 15.1. The van der Waals surface area contributed by atoms with Gasteiger partial charge in [-0.05, 0) is 25.5 Å². The first-order valence-corrected chi connectivity index (χ1v) is 7.09. The van der Waals surface area contributed by atoms with Crippen LogP contribution in [0.1, 0.15) is 26.7 Å². The highest BCUT2D eigenvalue weighted by Crippen LogP contribution is 2.25. The maximum Gasteiger partial charge on any atom is 0.336 e. The molecule has 2 atom stereocenters. The van der Waals surface area contributed by atoms with Crippen molar-refractivity contribution in [3.8, 4) is 0 Å². The Balaban J connectivity index is 2.40. The highest BCUT2D eigenvalue weighted by Gasteiger charge is 2.24. The second-order valence-corrected chi connectivity index (χ2v) is 5.55. The van der Waals surface area contributed by atoms with Gasteiger partial charge in [-0.3, -0.25) is 0 Å². The molecule has 0 aliphatic carbocycles. The molecule has 0 radical (unpaired) electrons. The number of aliphatic hydroxyl groups excluding tert-OH is 1. The Morgan fingerprint density at radius 3 is 2.67 bits per heavy atom. The van der Waals surface area contributed by atoms with Crippen LogP contribution < -0.4 is 0 Å². The van der Waals surface area contributed by atoms with Crippen molar-refractivity contribution in [1.82, 2.24) is 0 Å². The fourth-order valence-corrected chi connectivity index (χ4v) is 2.36. The van der Waals surface area contributed by atoms with Crippen LogP contribution in [0.15, 0.2) is 35.2 Å². The average molecular weight is 268 g/mol. The number of hydrogen-bond donors (Lipinski definition) is 1. The molecule has 18 heavy (non-hydrogen) atoms. The number of carbonyl (C=O) groups excluding carboxylic acids is 1. The molecule has 0 fully saturated rings. The van der Waals surface area contributed by atoms with E-state index in [4.69, 9.17) is 4.74 Å². The summed E-state index contributed by atoms with van der Waals surface area (Å²) in [7, 11) is 0. The molecular formula is C14H20O3S. The molecule has 0 saturated carbocycles. The van der Waals surface area contributed by atoms with E-state index in [2.05, 4.69) is 0 Å². The third-order valence-corrected chi connectivity index (χ3v) is 3.67. The lowest BCUT2D eigenvalue weighted by Crippen LogP contribution is -2.31. The van der Waals surface area contributed by atoms with Crippen LogP contribution >= 0.6 is 11.8 Å². The van der Waals surface area contributed by atoms with Crippen LogP contribution in [0, 0.1) is 0 Å². The number of thioether (sulfide) groups is 1. The van der Waals surface area contributed by atoms with E-state index in [0.29, 0.717) is 6.61 Å². The molecule has 0 aliphatic rings. The Labute approximate surface area is 113 Å². The lowest BCUT2D eigenvalue weighted by Gasteiger charge is -2.17. The maximum absolute atomic E-state index is 11.6. The minimum atomic E-state index is -1.08. The smallest absolute Gasteiger partial charge is 0.336 e.